The number of hydrogen-bond donors (Lipinski definition) is 1. The average molecular weight is 346 g/mol. The molecule has 0 bridgehead atoms. The van der Waals surface area contributed by atoms with Gasteiger partial charge in [0, 0.05) is 19.5 Å². The maximum Gasteiger partial charge on any atom is 0.303 e. The normalized spacial score (nSPS) is 20.0. The Hall–Kier alpha value is -2.57. The number of para-hydroxylation sites is 2. The molecule has 1 saturated heterocycles. The Morgan fingerprint density at radius 3 is 2.88 bits per heavy atom. The monoisotopic (exact) mass is 346 g/mol. The van der Waals surface area contributed by atoms with Crippen molar-refractivity contribution in [2.24, 2.45) is 5.92 Å². The molecular weight excluding hydrogens is 324 g/mol. The van der Waals surface area contributed by atoms with Crippen LogP contribution in [0.4, 0.5) is 5.69 Å². The van der Waals surface area contributed by atoms with Crippen LogP contribution in [0.2, 0.25) is 0 Å². The number of hydrogen-bond acceptors (Lipinski definition) is 4. The van der Waals surface area contributed by atoms with Crippen LogP contribution in [-0.2, 0) is 14.4 Å². The Labute approximate surface area is 146 Å². The minimum atomic E-state index is -0.807. The van der Waals surface area contributed by atoms with E-state index in [1.54, 1.807) is 23.1 Å². The lowest BCUT2D eigenvalue weighted by Gasteiger charge is -2.35. The van der Waals surface area contributed by atoms with Gasteiger partial charge in [-0.25, -0.2) is 0 Å². The molecule has 0 spiro atoms. The van der Waals surface area contributed by atoms with Gasteiger partial charge in [-0.2, -0.15) is 0 Å². The molecule has 1 aromatic carbocycles. The van der Waals surface area contributed by atoms with E-state index in [-0.39, 0.29) is 37.3 Å². The van der Waals surface area contributed by atoms with Gasteiger partial charge in [0.1, 0.15) is 12.3 Å². The standard InChI is InChI=1S/C18H22N2O5/c21-16(19-9-3-4-13(10-19)7-8-18(23)24)11-20-14-5-1-2-6-15(14)25-12-17(20)22/h1-2,5-6,13H,3-4,7-12H2,(H,23,24). The van der Waals surface area contributed by atoms with E-state index in [2.05, 4.69) is 0 Å². The summed E-state index contributed by atoms with van der Waals surface area (Å²) in [4.78, 5) is 38.8. The van der Waals surface area contributed by atoms with Crippen LogP contribution in [0, 0.1) is 5.92 Å². The number of piperidine rings is 1. The number of carboxylic acid groups (broad SMARTS) is 1. The van der Waals surface area contributed by atoms with E-state index < -0.39 is 5.97 Å². The summed E-state index contributed by atoms with van der Waals surface area (Å²) in [6.45, 7) is 1.14. The highest BCUT2D eigenvalue weighted by Crippen LogP contribution is 2.31. The van der Waals surface area contributed by atoms with Crippen molar-refractivity contribution in [2.75, 3.05) is 31.1 Å². The highest BCUT2D eigenvalue weighted by Gasteiger charge is 2.30. The van der Waals surface area contributed by atoms with Crippen LogP contribution in [-0.4, -0.2) is 54.0 Å². The Bertz CT molecular complexity index is 675. The molecule has 0 aliphatic carbocycles. The zero-order valence-electron chi connectivity index (χ0n) is 14.0. The largest absolute Gasteiger partial charge is 0.482 e. The van der Waals surface area contributed by atoms with Gasteiger partial charge in [0.25, 0.3) is 5.91 Å². The first kappa shape index (κ1) is 17.3. The number of carbonyl (C=O) groups excluding carboxylic acids is 2. The molecule has 1 fully saturated rings. The molecule has 7 heteroatoms. The van der Waals surface area contributed by atoms with Gasteiger partial charge in [0.05, 0.1) is 5.69 Å². The van der Waals surface area contributed by atoms with Crippen molar-refractivity contribution in [3.05, 3.63) is 24.3 Å². The molecule has 7 nitrogen and oxygen atoms in total. The maximum atomic E-state index is 12.7. The zero-order valence-corrected chi connectivity index (χ0v) is 14.0. The summed E-state index contributed by atoms with van der Waals surface area (Å²) < 4.78 is 5.39. The van der Waals surface area contributed by atoms with E-state index in [0.29, 0.717) is 30.9 Å². The molecule has 25 heavy (non-hydrogen) atoms. The van der Waals surface area contributed by atoms with E-state index in [1.165, 1.54) is 4.90 Å². The van der Waals surface area contributed by atoms with E-state index in [9.17, 15) is 14.4 Å². The van der Waals surface area contributed by atoms with E-state index >= 15 is 0 Å². The molecule has 0 radical (unpaired) electrons. The smallest absolute Gasteiger partial charge is 0.303 e. The molecule has 1 N–H and O–H groups in total. The lowest BCUT2D eigenvalue weighted by atomic mass is 9.93. The Kier molecular flexibility index (Phi) is 5.21. The van der Waals surface area contributed by atoms with Crippen LogP contribution in [0.25, 0.3) is 0 Å². The number of fused-ring (bicyclic) bond motifs is 1. The minimum absolute atomic E-state index is 0.00907. The van der Waals surface area contributed by atoms with Gasteiger partial charge in [-0.1, -0.05) is 12.1 Å². The number of anilines is 1. The molecule has 0 aromatic heterocycles. The van der Waals surface area contributed by atoms with Gasteiger partial charge in [0.2, 0.25) is 5.91 Å². The Morgan fingerprint density at radius 2 is 2.08 bits per heavy atom. The van der Waals surface area contributed by atoms with Crippen LogP contribution in [0.5, 0.6) is 5.75 Å². The molecule has 2 aliphatic rings. The summed E-state index contributed by atoms with van der Waals surface area (Å²) in [5.41, 5.74) is 0.617. The van der Waals surface area contributed by atoms with Gasteiger partial charge in [-0.05, 0) is 37.3 Å². The third-order valence-electron chi connectivity index (χ3n) is 4.74. The van der Waals surface area contributed by atoms with E-state index in [4.69, 9.17) is 9.84 Å². The summed E-state index contributed by atoms with van der Waals surface area (Å²) in [5.74, 6) is -0.329. The fraction of sp³-hybridized carbons (Fsp3) is 0.500. The third kappa shape index (κ3) is 4.10. The molecule has 2 amide bonds. The maximum absolute atomic E-state index is 12.7. The number of amides is 2. The van der Waals surface area contributed by atoms with Crippen LogP contribution < -0.4 is 9.64 Å². The first-order valence-corrected chi connectivity index (χ1v) is 8.56. The number of carbonyl (C=O) groups is 3. The molecule has 2 heterocycles. The number of nitrogens with zero attached hydrogens (tertiary/aromatic N) is 2. The van der Waals surface area contributed by atoms with Crippen molar-refractivity contribution >= 4 is 23.5 Å². The first-order valence-electron chi connectivity index (χ1n) is 8.56. The van der Waals surface area contributed by atoms with Crippen molar-refractivity contribution in [3.63, 3.8) is 0 Å². The molecule has 3 rings (SSSR count). The highest BCUT2D eigenvalue weighted by atomic mass is 16.5. The summed E-state index contributed by atoms with van der Waals surface area (Å²) in [6.07, 6.45) is 2.51. The molecule has 0 saturated carbocycles. The van der Waals surface area contributed by atoms with Crippen molar-refractivity contribution in [1.29, 1.82) is 0 Å². The van der Waals surface area contributed by atoms with E-state index in [0.717, 1.165) is 12.8 Å². The van der Waals surface area contributed by atoms with Crippen molar-refractivity contribution in [1.82, 2.24) is 4.90 Å². The lowest BCUT2D eigenvalue weighted by Crippen LogP contribution is -2.48. The molecule has 134 valence electrons. The fourth-order valence-electron chi connectivity index (χ4n) is 3.42. The fourth-order valence-corrected chi connectivity index (χ4v) is 3.42. The molecule has 1 atom stereocenters. The van der Waals surface area contributed by atoms with Crippen LogP contribution in [0.1, 0.15) is 25.7 Å². The molecule has 1 aromatic rings. The quantitative estimate of drug-likeness (QED) is 0.873. The van der Waals surface area contributed by atoms with Crippen molar-refractivity contribution in [2.45, 2.75) is 25.7 Å². The predicted octanol–water partition coefficient (Wildman–Crippen LogP) is 1.52. The van der Waals surface area contributed by atoms with Crippen LogP contribution in [0.3, 0.4) is 0 Å². The van der Waals surface area contributed by atoms with Gasteiger partial charge in [-0.3, -0.25) is 19.3 Å². The summed E-state index contributed by atoms with van der Waals surface area (Å²) in [6, 6.07) is 7.18. The zero-order chi connectivity index (χ0) is 17.8. The molecule has 1 unspecified atom stereocenters. The number of benzene rings is 1. The van der Waals surface area contributed by atoms with Gasteiger partial charge >= 0.3 is 5.97 Å². The predicted molar refractivity (Wildman–Crippen MR) is 90.5 cm³/mol. The molecular formula is C18H22N2O5. The number of aliphatic carboxylic acids is 1. The number of rotatable bonds is 5. The van der Waals surface area contributed by atoms with Crippen LogP contribution >= 0.6 is 0 Å². The van der Waals surface area contributed by atoms with Gasteiger partial charge in [0.15, 0.2) is 6.61 Å². The number of ether oxygens (including phenoxy) is 1. The SMILES string of the molecule is O=C(O)CCC1CCCN(C(=O)CN2C(=O)COc3ccccc32)C1. The topological polar surface area (TPSA) is 87.2 Å². The third-order valence-corrected chi connectivity index (χ3v) is 4.74. The van der Waals surface area contributed by atoms with E-state index in [1.807, 2.05) is 6.07 Å². The van der Waals surface area contributed by atoms with Crippen molar-refractivity contribution in [3.8, 4) is 5.75 Å². The lowest BCUT2D eigenvalue weighted by molar-refractivity contribution is -0.137. The first-order chi connectivity index (χ1) is 12.0. The van der Waals surface area contributed by atoms with Crippen LogP contribution in [0.15, 0.2) is 24.3 Å². The second-order valence-electron chi connectivity index (χ2n) is 6.52. The molecule has 2 aliphatic heterocycles. The number of carboxylic acids is 1. The summed E-state index contributed by atoms with van der Waals surface area (Å²) in [5, 5.41) is 8.82. The Morgan fingerprint density at radius 1 is 1.28 bits per heavy atom. The second-order valence-corrected chi connectivity index (χ2v) is 6.52. The highest BCUT2D eigenvalue weighted by molar-refractivity contribution is 6.02. The van der Waals surface area contributed by atoms with Gasteiger partial charge < -0.3 is 14.7 Å². The van der Waals surface area contributed by atoms with Gasteiger partial charge in [-0.15, -0.1) is 0 Å². The second kappa shape index (κ2) is 7.55. The minimum Gasteiger partial charge on any atom is -0.482 e. The average Bonchev–Trinajstić information content (AvgIpc) is 2.62. The van der Waals surface area contributed by atoms with Crippen molar-refractivity contribution < 1.29 is 24.2 Å². The Balaban J connectivity index is 1.63. The summed E-state index contributed by atoms with van der Waals surface area (Å²) >= 11 is 0. The number of likely N-dealkylation sites (tertiary alicyclic amines) is 1. The summed E-state index contributed by atoms with van der Waals surface area (Å²) in [7, 11) is 0.